The van der Waals surface area contributed by atoms with Crippen LogP contribution in [-0.2, 0) is 16.4 Å². The van der Waals surface area contributed by atoms with Gasteiger partial charge < -0.3 is 10.0 Å². The van der Waals surface area contributed by atoms with Gasteiger partial charge in [-0.1, -0.05) is 0 Å². The highest BCUT2D eigenvalue weighted by atomic mass is 32.2. The Kier molecular flexibility index (Phi) is 3.35. The van der Waals surface area contributed by atoms with Gasteiger partial charge >= 0.3 is 7.12 Å². The Bertz CT molecular complexity index is 559. The van der Waals surface area contributed by atoms with E-state index in [1.165, 1.54) is 16.7 Å². The van der Waals surface area contributed by atoms with Gasteiger partial charge in [0.2, 0.25) is 10.0 Å². The summed E-state index contributed by atoms with van der Waals surface area (Å²) in [6, 6.07) is 0. The average Bonchev–Trinajstić information content (AvgIpc) is 2.72. The molecule has 98 valence electrons. The van der Waals surface area contributed by atoms with Crippen molar-refractivity contribution in [3.8, 4) is 0 Å². The van der Waals surface area contributed by atoms with Crippen LogP contribution < -0.4 is 9.77 Å². The number of aromatic nitrogens is 1. The molecule has 8 heteroatoms. The van der Waals surface area contributed by atoms with E-state index in [0.29, 0.717) is 24.2 Å². The standard InChI is InChI=1S/C10H15BN2O4S/c1-7(2)18(16,17)13-4-3-8-9(11(14)15)5-12-6-10(8)13/h5-7,14-15H,3-4H2,1-2H3. The Morgan fingerprint density at radius 2 is 2.06 bits per heavy atom. The first-order valence-corrected chi connectivity index (χ1v) is 7.20. The Hall–Kier alpha value is -1.12. The summed E-state index contributed by atoms with van der Waals surface area (Å²) in [5, 5.41) is 17.9. The summed E-state index contributed by atoms with van der Waals surface area (Å²) in [6.45, 7) is 3.55. The second-order valence-corrected chi connectivity index (χ2v) is 6.93. The lowest BCUT2D eigenvalue weighted by Crippen LogP contribution is -2.35. The number of pyridine rings is 1. The van der Waals surface area contributed by atoms with Crippen molar-refractivity contribution in [3.05, 3.63) is 18.0 Å². The number of anilines is 1. The van der Waals surface area contributed by atoms with Crippen LogP contribution >= 0.6 is 0 Å². The number of sulfonamides is 1. The lowest BCUT2D eigenvalue weighted by atomic mass is 9.77. The van der Waals surface area contributed by atoms with Crippen LogP contribution in [0.5, 0.6) is 0 Å². The summed E-state index contributed by atoms with van der Waals surface area (Å²) in [7, 11) is -5.03. The molecular weight excluding hydrogens is 255 g/mol. The smallest absolute Gasteiger partial charge is 0.423 e. The van der Waals surface area contributed by atoms with E-state index in [4.69, 9.17) is 0 Å². The van der Waals surface area contributed by atoms with Crippen molar-refractivity contribution in [1.82, 2.24) is 4.98 Å². The lowest BCUT2D eigenvalue weighted by molar-refractivity contribution is 0.425. The van der Waals surface area contributed by atoms with E-state index >= 15 is 0 Å². The van der Waals surface area contributed by atoms with Gasteiger partial charge in [0.15, 0.2) is 0 Å². The molecule has 1 aliphatic rings. The number of hydrogen-bond donors (Lipinski definition) is 2. The predicted octanol–water partition coefficient (Wildman–Crippen LogP) is -1.14. The number of rotatable bonds is 3. The molecule has 0 spiro atoms. The fourth-order valence-electron chi connectivity index (χ4n) is 2.05. The van der Waals surface area contributed by atoms with E-state index in [-0.39, 0.29) is 5.46 Å². The predicted molar refractivity (Wildman–Crippen MR) is 69.2 cm³/mol. The van der Waals surface area contributed by atoms with Crippen molar-refractivity contribution in [2.75, 3.05) is 10.8 Å². The topological polar surface area (TPSA) is 90.7 Å². The molecule has 2 N–H and O–H groups in total. The maximum absolute atomic E-state index is 12.1. The van der Waals surface area contributed by atoms with Gasteiger partial charge in [0, 0.05) is 18.2 Å². The molecule has 0 atom stereocenters. The minimum Gasteiger partial charge on any atom is -0.423 e. The molecule has 2 rings (SSSR count). The number of hydrogen-bond acceptors (Lipinski definition) is 5. The minimum atomic E-state index is -3.40. The first-order chi connectivity index (χ1) is 8.35. The van der Waals surface area contributed by atoms with Gasteiger partial charge in [0.25, 0.3) is 0 Å². The van der Waals surface area contributed by atoms with E-state index in [1.54, 1.807) is 13.8 Å². The van der Waals surface area contributed by atoms with Gasteiger partial charge in [0.1, 0.15) is 0 Å². The van der Waals surface area contributed by atoms with Crippen molar-refractivity contribution >= 4 is 28.3 Å². The Morgan fingerprint density at radius 1 is 1.39 bits per heavy atom. The Morgan fingerprint density at radius 3 is 2.61 bits per heavy atom. The number of nitrogens with zero attached hydrogens (tertiary/aromatic N) is 2. The van der Waals surface area contributed by atoms with Crippen molar-refractivity contribution in [3.63, 3.8) is 0 Å². The lowest BCUT2D eigenvalue weighted by Gasteiger charge is -2.21. The van der Waals surface area contributed by atoms with E-state index in [0.717, 1.165) is 0 Å². The molecule has 0 unspecified atom stereocenters. The van der Waals surface area contributed by atoms with Gasteiger partial charge in [-0.3, -0.25) is 9.29 Å². The molecule has 0 aliphatic carbocycles. The van der Waals surface area contributed by atoms with E-state index in [1.807, 2.05) is 0 Å². The molecule has 18 heavy (non-hydrogen) atoms. The quantitative estimate of drug-likeness (QED) is 0.678. The fraction of sp³-hybridized carbons (Fsp3) is 0.500. The maximum atomic E-state index is 12.1. The normalized spacial score (nSPS) is 15.1. The van der Waals surface area contributed by atoms with Gasteiger partial charge in [-0.15, -0.1) is 0 Å². The first kappa shape index (κ1) is 13.3. The minimum absolute atomic E-state index is 0.272. The third kappa shape index (κ3) is 2.00. The summed E-state index contributed by atoms with van der Waals surface area (Å²) >= 11 is 0. The third-order valence-corrected chi connectivity index (χ3v) is 5.27. The van der Waals surface area contributed by atoms with Crippen LogP contribution in [0.25, 0.3) is 0 Å². The van der Waals surface area contributed by atoms with Gasteiger partial charge in [-0.25, -0.2) is 8.42 Å². The molecule has 2 heterocycles. The molecule has 0 aromatic carbocycles. The molecular formula is C10H15BN2O4S. The van der Waals surface area contributed by atoms with Gasteiger partial charge in [-0.05, 0) is 25.8 Å². The number of fused-ring (bicyclic) bond motifs is 1. The summed E-state index contributed by atoms with van der Waals surface area (Å²) in [5.41, 5.74) is 1.37. The van der Waals surface area contributed by atoms with Crippen molar-refractivity contribution in [2.24, 2.45) is 0 Å². The van der Waals surface area contributed by atoms with E-state index < -0.39 is 22.4 Å². The molecule has 0 amide bonds. The van der Waals surface area contributed by atoms with Crippen LogP contribution in [0.4, 0.5) is 5.69 Å². The van der Waals surface area contributed by atoms with Crippen molar-refractivity contribution in [1.29, 1.82) is 0 Å². The molecule has 1 aliphatic heterocycles. The zero-order valence-electron chi connectivity index (χ0n) is 10.2. The highest BCUT2D eigenvalue weighted by Crippen LogP contribution is 2.29. The van der Waals surface area contributed by atoms with Crippen LogP contribution in [0, 0.1) is 0 Å². The second kappa shape index (κ2) is 4.53. The second-order valence-electron chi connectivity index (χ2n) is 4.52. The third-order valence-electron chi connectivity index (χ3n) is 3.08. The van der Waals surface area contributed by atoms with Crippen molar-refractivity contribution < 1.29 is 18.5 Å². The Labute approximate surface area is 106 Å². The van der Waals surface area contributed by atoms with Crippen LogP contribution in [0.2, 0.25) is 0 Å². The molecule has 0 saturated carbocycles. The molecule has 0 saturated heterocycles. The molecule has 1 aromatic rings. The van der Waals surface area contributed by atoms with Gasteiger partial charge in [0.05, 0.1) is 17.1 Å². The largest absolute Gasteiger partial charge is 0.490 e. The van der Waals surface area contributed by atoms with E-state index in [9.17, 15) is 18.5 Å². The summed E-state index contributed by atoms with van der Waals surface area (Å²) < 4.78 is 25.6. The molecule has 0 bridgehead atoms. The maximum Gasteiger partial charge on any atom is 0.490 e. The van der Waals surface area contributed by atoms with Crippen LogP contribution in [0.15, 0.2) is 12.4 Å². The summed E-state index contributed by atoms with van der Waals surface area (Å²) in [6.07, 6.45) is 3.28. The zero-order chi connectivity index (χ0) is 13.5. The highest BCUT2D eigenvalue weighted by Gasteiger charge is 2.34. The SMILES string of the molecule is CC(C)S(=O)(=O)N1CCc2c(B(O)O)cncc21. The monoisotopic (exact) mass is 270 g/mol. The van der Waals surface area contributed by atoms with Crippen LogP contribution in [0.1, 0.15) is 19.4 Å². The molecule has 1 aromatic heterocycles. The first-order valence-electron chi connectivity index (χ1n) is 5.70. The molecule has 0 radical (unpaired) electrons. The average molecular weight is 270 g/mol. The molecule has 0 fully saturated rings. The fourth-order valence-corrected chi connectivity index (χ4v) is 3.34. The highest BCUT2D eigenvalue weighted by molar-refractivity contribution is 7.93. The van der Waals surface area contributed by atoms with Gasteiger partial charge in [-0.2, -0.15) is 0 Å². The summed E-state index contributed by atoms with van der Waals surface area (Å²) in [5.74, 6) is 0. The van der Waals surface area contributed by atoms with Crippen LogP contribution in [0.3, 0.4) is 0 Å². The Balaban J connectivity index is 2.50. The van der Waals surface area contributed by atoms with E-state index in [2.05, 4.69) is 4.98 Å². The zero-order valence-corrected chi connectivity index (χ0v) is 11.1. The molecule has 6 nitrogen and oxygen atoms in total. The van der Waals surface area contributed by atoms with Crippen LogP contribution in [-0.4, -0.2) is 42.4 Å². The summed E-state index contributed by atoms with van der Waals surface area (Å²) in [4.78, 5) is 3.87. The van der Waals surface area contributed by atoms with Crippen molar-refractivity contribution in [2.45, 2.75) is 25.5 Å².